The zero-order valence-electron chi connectivity index (χ0n) is 14.8. The molecule has 0 radical (unpaired) electrons. The van der Waals surface area contributed by atoms with E-state index in [1.54, 1.807) is 0 Å². The maximum Gasteiger partial charge on any atom is 0.0548 e. The van der Waals surface area contributed by atoms with Crippen LogP contribution in [0.1, 0.15) is 44.9 Å². The highest BCUT2D eigenvalue weighted by Gasteiger charge is 2.24. The maximum atomic E-state index is 6.55. The van der Waals surface area contributed by atoms with Crippen LogP contribution in [0, 0.1) is 5.92 Å². The quantitative estimate of drug-likeness (QED) is 0.650. The summed E-state index contributed by atoms with van der Waals surface area (Å²) in [5, 5.41) is 3.89. The molecule has 1 saturated heterocycles. The van der Waals surface area contributed by atoms with E-state index in [0.29, 0.717) is 5.25 Å². The summed E-state index contributed by atoms with van der Waals surface area (Å²) in [6.45, 7) is 3.81. The second-order valence-corrected chi connectivity index (χ2v) is 9.40. The first-order valence-corrected chi connectivity index (χ1v) is 11.0. The first kappa shape index (κ1) is 17.6. The summed E-state index contributed by atoms with van der Waals surface area (Å²) in [7, 11) is 0. The molecule has 2 nitrogen and oxygen atoms in total. The Labute approximate surface area is 160 Å². The molecule has 0 amide bonds. The first-order valence-electron chi connectivity index (χ1n) is 9.70. The molecular weight excluding hydrogens is 348 g/mol. The van der Waals surface area contributed by atoms with Gasteiger partial charge in [-0.3, -0.25) is 4.98 Å². The fourth-order valence-corrected chi connectivity index (χ4v) is 5.97. The monoisotopic (exact) mass is 374 g/mol. The van der Waals surface area contributed by atoms with E-state index in [1.807, 2.05) is 24.2 Å². The average Bonchev–Trinajstić information content (AvgIpc) is 2.63. The molecule has 2 heterocycles. The van der Waals surface area contributed by atoms with E-state index < -0.39 is 0 Å². The molecule has 1 atom stereocenters. The van der Waals surface area contributed by atoms with E-state index >= 15 is 0 Å². The lowest BCUT2D eigenvalue weighted by Gasteiger charge is -2.35. The van der Waals surface area contributed by atoms with Crippen molar-refractivity contribution in [1.29, 1.82) is 0 Å². The normalized spacial score (nSPS) is 23.2. The molecule has 0 N–H and O–H groups in total. The van der Waals surface area contributed by atoms with E-state index in [9.17, 15) is 0 Å². The van der Waals surface area contributed by atoms with Crippen LogP contribution >= 0.6 is 23.4 Å². The van der Waals surface area contributed by atoms with Gasteiger partial charge in [-0.05, 0) is 61.7 Å². The minimum atomic E-state index is 0.661. The summed E-state index contributed by atoms with van der Waals surface area (Å²) in [6.07, 6.45) is 13.6. The van der Waals surface area contributed by atoms with Crippen molar-refractivity contribution >= 4 is 34.1 Å². The van der Waals surface area contributed by atoms with Gasteiger partial charge in [0, 0.05) is 41.0 Å². The van der Waals surface area contributed by atoms with Gasteiger partial charge in [0.15, 0.2) is 0 Å². The number of hydrogen-bond donors (Lipinski definition) is 0. The van der Waals surface area contributed by atoms with Crippen LogP contribution < -0.4 is 0 Å². The number of rotatable bonds is 4. The molecule has 134 valence electrons. The summed E-state index contributed by atoms with van der Waals surface area (Å²) < 4.78 is 0. The Morgan fingerprint density at radius 2 is 1.96 bits per heavy atom. The smallest absolute Gasteiger partial charge is 0.0548 e. The summed E-state index contributed by atoms with van der Waals surface area (Å²) >= 11 is 8.53. The Morgan fingerprint density at radius 1 is 1.08 bits per heavy atom. The fraction of sp³-hybridized carbons (Fsp3) is 0.571. The fourth-order valence-electron chi connectivity index (χ4n) is 4.37. The third-order valence-electron chi connectivity index (χ3n) is 5.69. The highest BCUT2D eigenvalue weighted by atomic mass is 35.5. The van der Waals surface area contributed by atoms with Crippen LogP contribution in [0.4, 0.5) is 0 Å². The standard InChI is InChI=1S/C21H27ClN2S/c22-20-11-18-13-23-9-8-17(18)12-21(20)25-19-7-4-10-24(15-19)14-16-5-2-1-3-6-16/h8-9,11-13,16,19H,1-7,10,14-15H2. The zero-order chi connectivity index (χ0) is 17.1. The minimum Gasteiger partial charge on any atom is -0.302 e. The van der Waals surface area contributed by atoms with Gasteiger partial charge in [0.25, 0.3) is 0 Å². The van der Waals surface area contributed by atoms with Crippen molar-refractivity contribution in [2.75, 3.05) is 19.6 Å². The number of likely N-dealkylation sites (tertiary alicyclic amines) is 1. The van der Waals surface area contributed by atoms with E-state index in [2.05, 4.69) is 28.1 Å². The first-order chi connectivity index (χ1) is 12.3. The number of benzene rings is 1. The number of fused-ring (bicyclic) bond motifs is 1. The molecule has 4 rings (SSSR count). The zero-order valence-corrected chi connectivity index (χ0v) is 16.4. The summed E-state index contributed by atoms with van der Waals surface area (Å²) in [4.78, 5) is 8.14. The Morgan fingerprint density at radius 3 is 2.84 bits per heavy atom. The Hall–Kier alpha value is -0.770. The van der Waals surface area contributed by atoms with Gasteiger partial charge >= 0.3 is 0 Å². The number of thioether (sulfide) groups is 1. The second kappa shape index (κ2) is 8.28. The largest absolute Gasteiger partial charge is 0.302 e. The van der Waals surface area contributed by atoms with E-state index in [4.69, 9.17) is 11.6 Å². The molecule has 0 spiro atoms. The molecule has 2 aromatic rings. The Bertz CT molecular complexity index is 714. The van der Waals surface area contributed by atoms with Crippen LogP contribution in [-0.4, -0.2) is 34.8 Å². The summed E-state index contributed by atoms with van der Waals surface area (Å²) in [6, 6.07) is 6.38. The van der Waals surface area contributed by atoms with Gasteiger partial charge in [-0.1, -0.05) is 30.9 Å². The van der Waals surface area contributed by atoms with Crippen LogP contribution in [0.25, 0.3) is 10.8 Å². The van der Waals surface area contributed by atoms with Crippen molar-refractivity contribution in [3.63, 3.8) is 0 Å². The van der Waals surface area contributed by atoms with Gasteiger partial charge in [0.05, 0.1) is 5.02 Å². The van der Waals surface area contributed by atoms with Crippen molar-refractivity contribution in [3.8, 4) is 0 Å². The molecule has 1 aliphatic carbocycles. The molecule has 4 heteroatoms. The van der Waals surface area contributed by atoms with Crippen molar-refractivity contribution in [2.45, 2.75) is 55.1 Å². The maximum absolute atomic E-state index is 6.55. The predicted molar refractivity (Wildman–Crippen MR) is 109 cm³/mol. The lowest BCUT2D eigenvalue weighted by atomic mass is 9.88. The number of halogens is 1. The van der Waals surface area contributed by atoms with Crippen molar-refractivity contribution in [2.24, 2.45) is 5.92 Å². The third kappa shape index (κ3) is 4.50. The van der Waals surface area contributed by atoms with Gasteiger partial charge in [-0.2, -0.15) is 0 Å². The highest BCUT2D eigenvalue weighted by Crippen LogP contribution is 2.37. The highest BCUT2D eigenvalue weighted by molar-refractivity contribution is 8.00. The average molecular weight is 375 g/mol. The third-order valence-corrected chi connectivity index (χ3v) is 7.42. The van der Waals surface area contributed by atoms with Crippen LogP contribution in [0.3, 0.4) is 0 Å². The summed E-state index contributed by atoms with van der Waals surface area (Å²) in [5.74, 6) is 0.939. The van der Waals surface area contributed by atoms with Crippen LogP contribution in [0.2, 0.25) is 5.02 Å². The van der Waals surface area contributed by atoms with Gasteiger partial charge in [0.2, 0.25) is 0 Å². The molecule has 25 heavy (non-hydrogen) atoms. The van der Waals surface area contributed by atoms with E-state index in [-0.39, 0.29) is 0 Å². The van der Waals surface area contributed by atoms with Crippen LogP contribution in [0.15, 0.2) is 35.5 Å². The predicted octanol–water partition coefficient (Wildman–Crippen LogP) is 6.03. The number of pyridine rings is 1. The van der Waals surface area contributed by atoms with Gasteiger partial charge in [-0.15, -0.1) is 11.8 Å². The molecular formula is C21H27ClN2S. The number of nitrogens with zero attached hydrogens (tertiary/aromatic N) is 2. The molecule has 2 aliphatic rings. The summed E-state index contributed by atoms with van der Waals surface area (Å²) in [5.41, 5.74) is 0. The molecule has 1 unspecified atom stereocenters. The Kier molecular flexibility index (Phi) is 5.84. The van der Waals surface area contributed by atoms with Gasteiger partial charge < -0.3 is 4.90 Å². The molecule has 1 aliphatic heterocycles. The SMILES string of the molecule is Clc1cc2cnccc2cc1SC1CCCN(CC2CCCCC2)C1. The number of aromatic nitrogens is 1. The lowest BCUT2D eigenvalue weighted by molar-refractivity contribution is 0.177. The van der Waals surface area contributed by atoms with Crippen molar-refractivity contribution in [1.82, 2.24) is 9.88 Å². The molecule has 0 bridgehead atoms. The van der Waals surface area contributed by atoms with Crippen LogP contribution in [-0.2, 0) is 0 Å². The van der Waals surface area contributed by atoms with Crippen LogP contribution in [0.5, 0.6) is 0 Å². The second-order valence-electron chi connectivity index (χ2n) is 7.65. The molecule has 1 saturated carbocycles. The van der Waals surface area contributed by atoms with Crippen molar-refractivity contribution in [3.05, 3.63) is 35.6 Å². The van der Waals surface area contributed by atoms with Gasteiger partial charge in [-0.25, -0.2) is 0 Å². The number of piperidine rings is 1. The topological polar surface area (TPSA) is 16.1 Å². The van der Waals surface area contributed by atoms with Crippen molar-refractivity contribution < 1.29 is 0 Å². The van der Waals surface area contributed by atoms with E-state index in [0.717, 1.165) is 16.3 Å². The Balaban J connectivity index is 1.40. The molecule has 2 fully saturated rings. The molecule has 1 aromatic carbocycles. The molecule has 1 aromatic heterocycles. The minimum absolute atomic E-state index is 0.661. The van der Waals surface area contributed by atoms with Gasteiger partial charge in [0.1, 0.15) is 0 Å². The lowest BCUT2D eigenvalue weighted by Crippen LogP contribution is -2.40. The number of hydrogen-bond acceptors (Lipinski definition) is 3. The van der Waals surface area contributed by atoms with E-state index in [1.165, 1.54) is 74.9 Å².